The van der Waals surface area contributed by atoms with Gasteiger partial charge >= 0.3 is 0 Å². The van der Waals surface area contributed by atoms with Crippen LogP contribution in [0.1, 0.15) is 42.3 Å². The molecule has 1 N–H and O–H groups in total. The third-order valence-electron chi connectivity index (χ3n) is 3.64. The fourth-order valence-electron chi connectivity index (χ4n) is 2.36. The van der Waals surface area contributed by atoms with E-state index in [1.54, 1.807) is 13.0 Å². The number of halogens is 1. The second kappa shape index (κ2) is 8.96. The van der Waals surface area contributed by atoms with E-state index in [0.717, 1.165) is 19.3 Å². The topological polar surface area (TPSA) is 75.4 Å². The van der Waals surface area contributed by atoms with Gasteiger partial charge in [-0.05, 0) is 37.6 Å². The number of carbonyl (C=O) groups is 2. The first kappa shape index (κ1) is 18.6. The smallest absolute Gasteiger partial charge is 0.254 e. The number of hydrogen-bond donors (Lipinski definition) is 1. The van der Waals surface area contributed by atoms with Crippen molar-refractivity contribution in [2.75, 3.05) is 18.4 Å². The van der Waals surface area contributed by atoms with Crippen LogP contribution in [0.3, 0.4) is 0 Å². The molecule has 0 saturated heterocycles. The van der Waals surface area contributed by atoms with Crippen LogP contribution in [0.2, 0.25) is 0 Å². The summed E-state index contributed by atoms with van der Waals surface area (Å²) in [6.07, 6.45) is 2.75. The van der Waals surface area contributed by atoms with Gasteiger partial charge in [0.25, 0.3) is 5.91 Å². The molecule has 0 spiro atoms. The average Bonchev–Trinajstić information content (AvgIpc) is 2.99. The Kier molecular flexibility index (Phi) is 6.68. The van der Waals surface area contributed by atoms with E-state index in [2.05, 4.69) is 17.4 Å². The molecule has 134 valence electrons. The highest BCUT2D eigenvalue weighted by atomic mass is 19.1. The lowest BCUT2D eigenvalue weighted by atomic mass is 10.1. The molecule has 0 fully saturated rings. The molecule has 1 aromatic carbocycles. The van der Waals surface area contributed by atoms with Crippen molar-refractivity contribution in [2.24, 2.45) is 0 Å². The fourth-order valence-corrected chi connectivity index (χ4v) is 2.36. The van der Waals surface area contributed by atoms with Crippen LogP contribution in [0, 0.1) is 12.7 Å². The van der Waals surface area contributed by atoms with Crippen molar-refractivity contribution in [3.8, 4) is 0 Å². The Morgan fingerprint density at radius 1 is 1.24 bits per heavy atom. The lowest BCUT2D eigenvalue weighted by molar-refractivity contribution is -0.117. The maximum Gasteiger partial charge on any atom is 0.254 e. The predicted octanol–water partition coefficient (Wildman–Crippen LogP) is 3.39. The molecule has 0 aliphatic carbocycles. The van der Waals surface area contributed by atoms with Crippen LogP contribution in [0.25, 0.3) is 0 Å². The summed E-state index contributed by atoms with van der Waals surface area (Å²) >= 11 is 0. The van der Waals surface area contributed by atoms with Gasteiger partial charge in [0.2, 0.25) is 5.91 Å². The number of rotatable bonds is 8. The number of aryl methyl sites for hydroxylation is 1. The molecule has 1 heterocycles. The molecule has 0 saturated carbocycles. The largest absolute Gasteiger partial charge is 0.360 e. The van der Waals surface area contributed by atoms with Crippen molar-refractivity contribution in [1.82, 2.24) is 10.1 Å². The van der Waals surface area contributed by atoms with Gasteiger partial charge in [0, 0.05) is 18.2 Å². The van der Waals surface area contributed by atoms with E-state index in [-0.39, 0.29) is 18.4 Å². The van der Waals surface area contributed by atoms with Crippen molar-refractivity contribution < 1.29 is 18.5 Å². The third-order valence-corrected chi connectivity index (χ3v) is 3.64. The zero-order valence-corrected chi connectivity index (χ0v) is 14.4. The molecule has 6 nitrogen and oxygen atoms in total. The molecule has 25 heavy (non-hydrogen) atoms. The van der Waals surface area contributed by atoms with E-state index >= 15 is 0 Å². The number of nitrogens with zero attached hydrogens (tertiary/aromatic N) is 2. The molecular formula is C18H22FN3O3. The van der Waals surface area contributed by atoms with Crippen LogP contribution in [0.15, 0.2) is 34.9 Å². The van der Waals surface area contributed by atoms with Crippen LogP contribution >= 0.6 is 0 Å². The number of amides is 2. The maximum absolute atomic E-state index is 13.0. The van der Waals surface area contributed by atoms with E-state index in [1.807, 2.05) is 0 Å². The minimum absolute atomic E-state index is 0.105. The van der Waals surface area contributed by atoms with Gasteiger partial charge in [-0.1, -0.05) is 24.9 Å². The quantitative estimate of drug-likeness (QED) is 0.743. The number of benzene rings is 1. The molecule has 0 aliphatic heterocycles. The normalized spacial score (nSPS) is 10.5. The molecule has 2 aromatic rings. The second-order valence-corrected chi connectivity index (χ2v) is 5.81. The second-order valence-electron chi connectivity index (χ2n) is 5.81. The zero-order valence-electron chi connectivity index (χ0n) is 14.4. The standard InChI is InChI=1S/C18H22FN3O3/c1-3-4-5-10-22(18(24)14-6-8-15(19)9-7-14)12-17(23)20-16-11-13(2)25-21-16/h6-9,11H,3-5,10,12H2,1-2H3,(H,20,21,23). The predicted molar refractivity (Wildman–Crippen MR) is 91.7 cm³/mol. The molecular weight excluding hydrogens is 325 g/mol. The first-order chi connectivity index (χ1) is 12.0. The van der Waals surface area contributed by atoms with Crippen LogP contribution in [0.4, 0.5) is 10.2 Å². The molecule has 1 aromatic heterocycles. The minimum atomic E-state index is -0.409. The third kappa shape index (κ3) is 5.70. The summed E-state index contributed by atoms with van der Waals surface area (Å²) in [5.74, 6) is -0.182. The molecule has 0 radical (unpaired) electrons. The number of hydrogen-bond acceptors (Lipinski definition) is 4. The lowest BCUT2D eigenvalue weighted by Gasteiger charge is -2.22. The zero-order chi connectivity index (χ0) is 18.2. The van der Waals surface area contributed by atoms with Crippen LogP contribution in [-0.4, -0.2) is 35.0 Å². The molecule has 7 heteroatoms. The Labute approximate surface area is 146 Å². The van der Waals surface area contributed by atoms with E-state index in [1.165, 1.54) is 29.2 Å². The van der Waals surface area contributed by atoms with E-state index in [0.29, 0.717) is 23.7 Å². The highest BCUT2D eigenvalue weighted by Gasteiger charge is 2.19. The van der Waals surface area contributed by atoms with Crippen molar-refractivity contribution >= 4 is 17.6 Å². The van der Waals surface area contributed by atoms with Crippen molar-refractivity contribution in [3.63, 3.8) is 0 Å². The van der Waals surface area contributed by atoms with E-state index in [4.69, 9.17) is 4.52 Å². The van der Waals surface area contributed by atoms with Gasteiger partial charge in [-0.2, -0.15) is 0 Å². The summed E-state index contributed by atoms with van der Waals surface area (Å²) < 4.78 is 17.9. The molecule has 0 aliphatic rings. The average molecular weight is 347 g/mol. The summed E-state index contributed by atoms with van der Waals surface area (Å²) in [4.78, 5) is 26.3. The van der Waals surface area contributed by atoms with Gasteiger partial charge in [-0.25, -0.2) is 4.39 Å². The number of anilines is 1. The summed E-state index contributed by atoms with van der Waals surface area (Å²) in [5.41, 5.74) is 0.350. The summed E-state index contributed by atoms with van der Waals surface area (Å²) in [7, 11) is 0. The van der Waals surface area contributed by atoms with Gasteiger partial charge < -0.3 is 14.7 Å². The molecule has 0 bridgehead atoms. The summed E-state index contributed by atoms with van der Waals surface area (Å²) in [5, 5.41) is 6.30. The summed E-state index contributed by atoms with van der Waals surface area (Å²) in [6, 6.07) is 6.90. The van der Waals surface area contributed by atoms with E-state index < -0.39 is 5.82 Å². The lowest BCUT2D eigenvalue weighted by Crippen LogP contribution is -2.38. The number of carbonyl (C=O) groups excluding carboxylic acids is 2. The number of aromatic nitrogens is 1. The van der Waals surface area contributed by atoms with E-state index in [9.17, 15) is 14.0 Å². The SMILES string of the molecule is CCCCCN(CC(=O)Nc1cc(C)on1)C(=O)c1ccc(F)cc1. The van der Waals surface area contributed by atoms with Gasteiger partial charge in [0.15, 0.2) is 5.82 Å². The summed E-state index contributed by atoms with van der Waals surface area (Å²) in [6.45, 7) is 4.13. The first-order valence-corrected chi connectivity index (χ1v) is 8.27. The molecule has 2 rings (SSSR count). The van der Waals surface area contributed by atoms with Crippen molar-refractivity contribution in [3.05, 3.63) is 47.5 Å². The van der Waals surface area contributed by atoms with Gasteiger partial charge in [0.05, 0.1) is 0 Å². The first-order valence-electron chi connectivity index (χ1n) is 8.27. The van der Waals surface area contributed by atoms with Crippen LogP contribution in [0.5, 0.6) is 0 Å². The van der Waals surface area contributed by atoms with Crippen LogP contribution in [-0.2, 0) is 4.79 Å². The van der Waals surface area contributed by atoms with Gasteiger partial charge in [-0.3, -0.25) is 9.59 Å². The van der Waals surface area contributed by atoms with Crippen molar-refractivity contribution in [2.45, 2.75) is 33.1 Å². The number of unbranched alkanes of at least 4 members (excludes halogenated alkanes) is 2. The monoisotopic (exact) mass is 347 g/mol. The Hall–Kier alpha value is -2.70. The van der Waals surface area contributed by atoms with Gasteiger partial charge in [-0.15, -0.1) is 0 Å². The Morgan fingerprint density at radius 2 is 1.96 bits per heavy atom. The Morgan fingerprint density at radius 3 is 2.56 bits per heavy atom. The van der Waals surface area contributed by atoms with Crippen molar-refractivity contribution in [1.29, 1.82) is 0 Å². The highest BCUT2D eigenvalue weighted by molar-refractivity contribution is 5.99. The molecule has 0 unspecified atom stereocenters. The fraction of sp³-hybridized carbons (Fsp3) is 0.389. The highest BCUT2D eigenvalue weighted by Crippen LogP contribution is 2.10. The minimum Gasteiger partial charge on any atom is -0.360 e. The Balaban J connectivity index is 2.04. The van der Waals surface area contributed by atoms with Gasteiger partial charge in [0.1, 0.15) is 18.1 Å². The molecule has 0 atom stereocenters. The maximum atomic E-state index is 13.0. The Bertz CT molecular complexity index is 713. The molecule has 2 amide bonds. The van der Waals surface area contributed by atoms with Crippen LogP contribution < -0.4 is 5.32 Å². The number of nitrogens with one attached hydrogen (secondary N) is 1.